The number of hydrogen-bond acceptors (Lipinski definition) is 6. The van der Waals surface area contributed by atoms with Crippen LogP contribution in [0.4, 0.5) is 10.5 Å². The molecule has 1 unspecified atom stereocenters. The summed E-state index contributed by atoms with van der Waals surface area (Å²) >= 11 is 5.94. The molecule has 10 heteroatoms. The number of rotatable bonds is 4. The van der Waals surface area contributed by atoms with E-state index in [0.717, 1.165) is 5.56 Å². The van der Waals surface area contributed by atoms with Gasteiger partial charge in [0, 0.05) is 31.2 Å². The number of hydrazine groups is 1. The number of hydrogen-bond donors (Lipinski definition) is 1. The maximum atomic E-state index is 13.6. The van der Waals surface area contributed by atoms with Crippen LogP contribution in [-0.2, 0) is 21.2 Å². The average molecular weight is 465 g/mol. The summed E-state index contributed by atoms with van der Waals surface area (Å²) in [6.07, 6.45) is 0.806. The first-order valence-corrected chi connectivity index (χ1v) is 12.0. The van der Waals surface area contributed by atoms with Crippen molar-refractivity contribution in [2.24, 2.45) is 5.84 Å². The Morgan fingerprint density at radius 3 is 2.45 bits per heavy atom. The van der Waals surface area contributed by atoms with Crippen LogP contribution in [0.15, 0.2) is 53.4 Å². The van der Waals surface area contributed by atoms with Gasteiger partial charge in [-0.15, -0.1) is 0 Å². The molecule has 2 aliphatic heterocycles. The molecule has 1 saturated heterocycles. The maximum Gasteiger partial charge on any atom is 0.409 e. The summed E-state index contributed by atoms with van der Waals surface area (Å²) in [6.45, 7) is 2.08. The third-order valence-electron chi connectivity index (χ3n) is 5.65. The van der Waals surface area contributed by atoms with E-state index in [0.29, 0.717) is 49.7 Å². The predicted molar refractivity (Wildman–Crippen MR) is 118 cm³/mol. The molecule has 2 aromatic rings. The molecule has 1 fully saturated rings. The first-order valence-electron chi connectivity index (χ1n) is 10.2. The zero-order valence-corrected chi connectivity index (χ0v) is 18.6. The summed E-state index contributed by atoms with van der Waals surface area (Å²) < 4.78 is 34.1. The van der Waals surface area contributed by atoms with Crippen LogP contribution < -0.4 is 10.1 Å². The summed E-state index contributed by atoms with van der Waals surface area (Å²) in [5.74, 6) is 5.74. The number of ether oxygens (including phenoxy) is 1. The van der Waals surface area contributed by atoms with Gasteiger partial charge in [0.25, 0.3) is 10.0 Å². The van der Waals surface area contributed by atoms with Crippen molar-refractivity contribution in [2.75, 3.05) is 37.1 Å². The molecule has 2 aliphatic rings. The summed E-state index contributed by atoms with van der Waals surface area (Å²) in [5.41, 5.74) is 1.56. The molecule has 2 N–H and O–H groups in total. The molecule has 1 atom stereocenters. The summed E-state index contributed by atoms with van der Waals surface area (Å²) in [4.78, 5) is 14.3. The van der Waals surface area contributed by atoms with E-state index in [2.05, 4.69) is 0 Å². The van der Waals surface area contributed by atoms with E-state index < -0.39 is 22.2 Å². The Bertz CT molecular complexity index is 1040. The normalized spacial score (nSPS) is 19.7. The number of amides is 1. The first-order chi connectivity index (χ1) is 14.9. The van der Waals surface area contributed by atoms with Crippen LogP contribution >= 0.6 is 11.6 Å². The number of para-hydroxylation sites is 1. The fourth-order valence-electron chi connectivity index (χ4n) is 3.93. The van der Waals surface area contributed by atoms with E-state index in [1.807, 2.05) is 18.2 Å². The van der Waals surface area contributed by atoms with E-state index in [-0.39, 0.29) is 11.5 Å². The Morgan fingerprint density at radius 2 is 1.74 bits per heavy atom. The van der Waals surface area contributed by atoms with Crippen LogP contribution in [0.5, 0.6) is 0 Å². The lowest BCUT2D eigenvalue weighted by atomic mass is 9.98. The second-order valence-corrected chi connectivity index (χ2v) is 9.93. The Labute approximate surface area is 187 Å². The van der Waals surface area contributed by atoms with Crippen molar-refractivity contribution in [2.45, 2.75) is 23.8 Å². The minimum atomic E-state index is -3.87. The van der Waals surface area contributed by atoms with Gasteiger partial charge in [0.1, 0.15) is 6.61 Å². The number of nitrogens with zero attached hydrogens (tertiary/aromatic N) is 3. The van der Waals surface area contributed by atoms with E-state index in [4.69, 9.17) is 22.2 Å². The number of benzene rings is 2. The Kier molecular flexibility index (Phi) is 6.38. The number of halogens is 1. The van der Waals surface area contributed by atoms with Gasteiger partial charge in [0.2, 0.25) is 0 Å². The molecule has 0 aromatic heterocycles. The van der Waals surface area contributed by atoms with Gasteiger partial charge in [-0.3, -0.25) is 10.1 Å². The van der Waals surface area contributed by atoms with Crippen molar-refractivity contribution in [1.29, 1.82) is 0 Å². The van der Waals surface area contributed by atoms with Gasteiger partial charge in [0.05, 0.1) is 16.6 Å². The third-order valence-corrected chi connectivity index (χ3v) is 7.78. The highest BCUT2D eigenvalue weighted by molar-refractivity contribution is 7.92. The number of carbonyl (C=O) groups excluding carboxylic acids is 1. The van der Waals surface area contributed by atoms with Gasteiger partial charge < -0.3 is 9.64 Å². The van der Waals surface area contributed by atoms with Crippen molar-refractivity contribution >= 4 is 33.4 Å². The molecule has 0 saturated carbocycles. The van der Waals surface area contributed by atoms with E-state index in [1.165, 1.54) is 16.4 Å². The van der Waals surface area contributed by atoms with Crippen molar-refractivity contribution in [1.82, 2.24) is 9.91 Å². The molecule has 2 aromatic carbocycles. The number of nitrogens with two attached hydrogens (primary N) is 1. The highest BCUT2D eigenvalue weighted by Crippen LogP contribution is 2.35. The molecule has 0 bridgehead atoms. The number of anilines is 1. The van der Waals surface area contributed by atoms with Crippen LogP contribution in [0.1, 0.15) is 12.0 Å². The molecule has 4 rings (SSSR count). The van der Waals surface area contributed by atoms with Crippen LogP contribution in [0.2, 0.25) is 5.02 Å². The minimum Gasteiger partial charge on any atom is -0.447 e. The van der Waals surface area contributed by atoms with Crippen molar-refractivity contribution < 1.29 is 17.9 Å². The number of sulfonamides is 1. The van der Waals surface area contributed by atoms with Crippen LogP contribution in [-0.4, -0.2) is 63.2 Å². The molecule has 31 heavy (non-hydrogen) atoms. The van der Waals surface area contributed by atoms with Gasteiger partial charge in [-0.05, 0) is 48.7 Å². The lowest BCUT2D eigenvalue weighted by Crippen LogP contribution is -2.52. The Balaban J connectivity index is 1.58. The zero-order chi connectivity index (χ0) is 22.0. The zero-order valence-electron chi connectivity index (χ0n) is 17.0. The number of carbonyl (C=O) groups is 1. The fraction of sp³-hybridized carbons (Fsp3) is 0.381. The van der Waals surface area contributed by atoms with Crippen molar-refractivity contribution in [3.8, 4) is 0 Å². The molecule has 2 heterocycles. The molecular formula is C21H25ClN4O4S. The number of piperazine rings is 1. The molecular weight excluding hydrogens is 440 g/mol. The maximum absolute atomic E-state index is 13.6. The SMILES string of the molecule is NN1CCN(C(=O)OCC2CCc3ccccc3N2S(=O)(=O)c2ccc(Cl)cc2)CC1. The molecule has 166 valence electrons. The van der Waals surface area contributed by atoms with Crippen LogP contribution in [0.25, 0.3) is 0 Å². The summed E-state index contributed by atoms with van der Waals surface area (Å²) in [5, 5.41) is 2.11. The van der Waals surface area contributed by atoms with Crippen molar-refractivity contribution in [3.05, 3.63) is 59.1 Å². The van der Waals surface area contributed by atoms with E-state index in [1.54, 1.807) is 28.1 Å². The smallest absolute Gasteiger partial charge is 0.409 e. The Morgan fingerprint density at radius 1 is 1.06 bits per heavy atom. The lowest BCUT2D eigenvalue weighted by Gasteiger charge is -2.38. The van der Waals surface area contributed by atoms with Gasteiger partial charge in [-0.2, -0.15) is 0 Å². The Hall–Kier alpha value is -2.33. The summed E-state index contributed by atoms with van der Waals surface area (Å²) in [6, 6.07) is 13.0. The largest absolute Gasteiger partial charge is 0.447 e. The second kappa shape index (κ2) is 9.04. The summed E-state index contributed by atoms with van der Waals surface area (Å²) in [7, 11) is -3.87. The van der Waals surface area contributed by atoms with Crippen LogP contribution in [0, 0.1) is 0 Å². The second-order valence-electron chi connectivity index (χ2n) is 7.68. The van der Waals surface area contributed by atoms with E-state index in [9.17, 15) is 13.2 Å². The molecule has 1 amide bonds. The highest BCUT2D eigenvalue weighted by Gasteiger charge is 2.37. The molecule has 0 radical (unpaired) electrons. The fourth-order valence-corrected chi connectivity index (χ4v) is 5.76. The molecule has 0 spiro atoms. The van der Waals surface area contributed by atoms with Gasteiger partial charge in [0.15, 0.2) is 0 Å². The number of fused-ring (bicyclic) bond motifs is 1. The number of aryl methyl sites for hydroxylation is 1. The van der Waals surface area contributed by atoms with Gasteiger partial charge >= 0.3 is 6.09 Å². The predicted octanol–water partition coefficient (Wildman–Crippen LogP) is 2.48. The first kappa shape index (κ1) is 21.9. The topological polar surface area (TPSA) is 96.2 Å². The molecule has 0 aliphatic carbocycles. The molecule has 8 nitrogen and oxygen atoms in total. The van der Waals surface area contributed by atoms with E-state index >= 15 is 0 Å². The average Bonchev–Trinajstić information content (AvgIpc) is 2.77. The monoisotopic (exact) mass is 464 g/mol. The van der Waals surface area contributed by atoms with Crippen molar-refractivity contribution in [3.63, 3.8) is 0 Å². The minimum absolute atomic E-state index is 0.0250. The standard InChI is InChI=1S/C21H25ClN4O4S/c22-17-6-9-19(10-7-17)31(28,29)26-18(8-5-16-3-1-2-4-20(16)26)15-30-21(27)24-11-13-25(23)14-12-24/h1-4,6-7,9-10,18H,5,8,11-15,23H2. The van der Waals surface area contributed by atoms with Gasteiger partial charge in [-0.1, -0.05) is 29.8 Å². The van der Waals surface area contributed by atoms with Gasteiger partial charge in [-0.25, -0.2) is 18.2 Å². The third kappa shape index (κ3) is 4.64. The quantitative estimate of drug-likeness (QED) is 0.698. The lowest BCUT2D eigenvalue weighted by molar-refractivity contribution is 0.0722. The highest BCUT2D eigenvalue weighted by atomic mass is 35.5. The van der Waals surface area contributed by atoms with Crippen LogP contribution in [0.3, 0.4) is 0 Å².